The summed E-state index contributed by atoms with van der Waals surface area (Å²) >= 11 is 0. The van der Waals surface area contributed by atoms with Gasteiger partial charge in [-0.05, 0) is 17.9 Å². The number of carbonyl (C=O) groups excluding carboxylic acids is 1. The van der Waals surface area contributed by atoms with Gasteiger partial charge in [-0.15, -0.1) is 0 Å². The molecule has 0 aliphatic heterocycles. The second-order valence-electron chi connectivity index (χ2n) is 5.15. The van der Waals surface area contributed by atoms with E-state index in [9.17, 15) is 4.79 Å². The zero-order chi connectivity index (χ0) is 14.4. The summed E-state index contributed by atoms with van der Waals surface area (Å²) in [7, 11) is 1.71. The van der Waals surface area contributed by atoms with Crippen LogP contribution in [0.1, 0.15) is 18.9 Å². The van der Waals surface area contributed by atoms with E-state index in [1.54, 1.807) is 7.05 Å². The molecule has 108 valence electrons. The molecule has 0 bridgehead atoms. The fourth-order valence-corrected chi connectivity index (χ4v) is 1.92. The number of guanidine groups is 1. The summed E-state index contributed by atoms with van der Waals surface area (Å²) in [5.41, 5.74) is 1.09. The van der Waals surface area contributed by atoms with E-state index in [0.717, 1.165) is 5.56 Å². The third-order valence-electron chi connectivity index (χ3n) is 3.40. The minimum Gasteiger partial charge on any atom is -0.353 e. The molecule has 1 amide bonds. The lowest BCUT2D eigenvalue weighted by Gasteiger charge is -2.11. The van der Waals surface area contributed by atoms with Crippen LogP contribution < -0.4 is 16.0 Å². The number of aliphatic imine (C=N–C) groups is 1. The Kier molecular flexibility index (Phi) is 4.98. The van der Waals surface area contributed by atoms with Gasteiger partial charge in [-0.1, -0.05) is 37.3 Å². The van der Waals surface area contributed by atoms with Crippen LogP contribution in [0.2, 0.25) is 0 Å². The highest BCUT2D eigenvalue weighted by atomic mass is 16.1. The Balaban J connectivity index is 1.66. The van der Waals surface area contributed by atoms with Crippen molar-refractivity contribution in [2.75, 3.05) is 13.6 Å². The van der Waals surface area contributed by atoms with Crippen molar-refractivity contribution >= 4 is 11.9 Å². The Bertz CT molecular complexity index is 472. The van der Waals surface area contributed by atoms with Crippen LogP contribution in [0.5, 0.6) is 0 Å². The van der Waals surface area contributed by atoms with Gasteiger partial charge >= 0.3 is 0 Å². The Morgan fingerprint density at radius 1 is 1.30 bits per heavy atom. The number of hydrogen-bond donors (Lipinski definition) is 3. The van der Waals surface area contributed by atoms with Crippen LogP contribution in [0.4, 0.5) is 0 Å². The molecule has 5 nitrogen and oxygen atoms in total. The first kappa shape index (κ1) is 14.4. The minimum absolute atomic E-state index is 0.0411. The van der Waals surface area contributed by atoms with Gasteiger partial charge in [-0.2, -0.15) is 0 Å². The molecule has 0 radical (unpaired) electrons. The monoisotopic (exact) mass is 274 g/mol. The van der Waals surface area contributed by atoms with Crippen LogP contribution in [-0.4, -0.2) is 31.5 Å². The van der Waals surface area contributed by atoms with Gasteiger partial charge in [0.25, 0.3) is 0 Å². The molecule has 0 spiro atoms. The molecule has 1 aliphatic rings. The van der Waals surface area contributed by atoms with E-state index in [-0.39, 0.29) is 12.5 Å². The summed E-state index contributed by atoms with van der Waals surface area (Å²) in [5.74, 6) is 1.34. The molecule has 2 rings (SSSR count). The molecule has 0 heterocycles. The molecule has 1 aromatic rings. The first-order valence-corrected chi connectivity index (χ1v) is 6.97. The highest BCUT2D eigenvalue weighted by molar-refractivity contribution is 5.86. The highest BCUT2D eigenvalue weighted by Gasteiger charge is 2.33. The Morgan fingerprint density at radius 2 is 2.00 bits per heavy atom. The third-order valence-corrected chi connectivity index (χ3v) is 3.40. The molecule has 2 atom stereocenters. The molecule has 20 heavy (non-hydrogen) atoms. The van der Waals surface area contributed by atoms with Crippen LogP contribution in [-0.2, 0) is 11.3 Å². The molecule has 1 aromatic carbocycles. The van der Waals surface area contributed by atoms with Crippen molar-refractivity contribution in [2.24, 2.45) is 10.9 Å². The van der Waals surface area contributed by atoms with Gasteiger partial charge in [0.15, 0.2) is 5.96 Å². The lowest BCUT2D eigenvalue weighted by Crippen LogP contribution is -2.44. The van der Waals surface area contributed by atoms with Crippen molar-refractivity contribution in [3.8, 4) is 0 Å². The van der Waals surface area contributed by atoms with E-state index in [1.165, 1.54) is 6.42 Å². The van der Waals surface area contributed by atoms with E-state index in [1.807, 2.05) is 30.3 Å². The zero-order valence-corrected chi connectivity index (χ0v) is 12.0. The minimum atomic E-state index is -0.0411. The van der Waals surface area contributed by atoms with Crippen molar-refractivity contribution in [1.82, 2.24) is 16.0 Å². The van der Waals surface area contributed by atoms with E-state index in [0.29, 0.717) is 24.5 Å². The van der Waals surface area contributed by atoms with Gasteiger partial charge in [0.05, 0.1) is 6.54 Å². The fraction of sp³-hybridized carbons (Fsp3) is 0.467. The van der Waals surface area contributed by atoms with Gasteiger partial charge in [0, 0.05) is 19.6 Å². The summed E-state index contributed by atoms with van der Waals surface area (Å²) in [6.45, 7) is 2.97. The van der Waals surface area contributed by atoms with Crippen molar-refractivity contribution in [3.63, 3.8) is 0 Å². The van der Waals surface area contributed by atoms with Gasteiger partial charge in [-0.3, -0.25) is 9.79 Å². The van der Waals surface area contributed by atoms with Gasteiger partial charge in [0.1, 0.15) is 0 Å². The molecule has 0 aromatic heterocycles. The quantitative estimate of drug-likeness (QED) is 0.551. The second-order valence-corrected chi connectivity index (χ2v) is 5.15. The number of amides is 1. The molecule has 1 saturated carbocycles. The fourth-order valence-electron chi connectivity index (χ4n) is 1.92. The number of hydrogen-bond acceptors (Lipinski definition) is 2. The molecule has 5 heteroatoms. The molecule has 1 aliphatic carbocycles. The van der Waals surface area contributed by atoms with Crippen LogP contribution >= 0.6 is 0 Å². The zero-order valence-electron chi connectivity index (χ0n) is 12.0. The van der Waals surface area contributed by atoms with Crippen molar-refractivity contribution in [2.45, 2.75) is 25.9 Å². The predicted octanol–water partition coefficient (Wildman–Crippen LogP) is 0.876. The van der Waals surface area contributed by atoms with E-state index < -0.39 is 0 Å². The van der Waals surface area contributed by atoms with E-state index in [4.69, 9.17) is 0 Å². The molecular weight excluding hydrogens is 252 g/mol. The van der Waals surface area contributed by atoms with Crippen LogP contribution in [0.15, 0.2) is 35.3 Å². The standard InChI is InChI=1S/C15H22N4O/c1-11-8-13(11)19-15(16-2)18-10-14(20)17-9-12-6-4-3-5-7-12/h3-7,11,13H,8-10H2,1-2H3,(H,17,20)(H2,16,18,19). The third kappa shape index (κ3) is 4.57. The Morgan fingerprint density at radius 3 is 2.60 bits per heavy atom. The Labute approximate surface area is 119 Å². The van der Waals surface area contributed by atoms with Gasteiger partial charge in [0.2, 0.25) is 5.91 Å². The highest BCUT2D eigenvalue weighted by Crippen LogP contribution is 2.28. The molecule has 1 fully saturated rings. The first-order valence-electron chi connectivity index (χ1n) is 6.97. The normalized spacial score (nSPS) is 21.2. The number of nitrogens with zero attached hydrogens (tertiary/aromatic N) is 1. The average Bonchev–Trinajstić information content (AvgIpc) is 3.17. The number of nitrogens with one attached hydrogen (secondary N) is 3. The predicted molar refractivity (Wildman–Crippen MR) is 80.4 cm³/mol. The molecule has 3 N–H and O–H groups in total. The number of rotatable bonds is 5. The number of carbonyl (C=O) groups is 1. The second kappa shape index (κ2) is 6.93. The van der Waals surface area contributed by atoms with Crippen LogP contribution in [0.3, 0.4) is 0 Å². The first-order chi connectivity index (χ1) is 9.69. The smallest absolute Gasteiger partial charge is 0.239 e. The van der Waals surface area contributed by atoms with E-state index in [2.05, 4.69) is 27.9 Å². The molecule has 2 unspecified atom stereocenters. The maximum absolute atomic E-state index is 11.7. The van der Waals surface area contributed by atoms with Crippen LogP contribution in [0.25, 0.3) is 0 Å². The summed E-state index contributed by atoms with van der Waals surface area (Å²) in [5, 5.41) is 9.17. The molecular formula is C15H22N4O. The Hall–Kier alpha value is -2.04. The largest absolute Gasteiger partial charge is 0.353 e. The summed E-state index contributed by atoms with van der Waals surface area (Å²) < 4.78 is 0. The summed E-state index contributed by atoms with van der Waals surface area (Å²) in [6.07, 6.45) is 1.17. The lowest BCUT2D eigenvalue weighted by molar-refractivity contribution is -0.120. The maximum Gasteiger partial charge on any atom is 0.239 e. The summed E-state index contributed by atoms with van der Waals surface area (Å²) in [6, 6.07) is 10.4. The lowest BCUT2D eigenvalue weighted by atomic mass is 10.2. The maximum atomic E-state index is 11.7. The van der Waals surface area contributed by atoms with Crippen molar-refractivity contribution in [3.05, 3.63) is 35.9 Å². The van der Waals surface area contributed by atoms with Gasteiger partial charge < -0.3 is 16.0 Å². The van der Waals surface area contributed by atoms with Gasteiger partial charge in [-0.25, -0.2) is 0 Å². The van der Waals surface area contributed by atoms with Crippen molar-refractivity contribution < 1.29 is 4.79 Å². The average molecular weight is 274 g/mol. The topological polar surface area (TPSA) is 65.5 Å². The van der Waals surface area contributed by atoms with Crippen molar-refractivity contribution in [1.29, 1.82) is 0 Å². The van der Waals surface area contributed by atoms with E-state index >= 15 is 0 Å². The summed E-state index contributed by atoms with van der Waals surface area (Å²) in [4.78, 5) is 15.9. The number of benzene rings is 1. The van der Waals surface area contributed by atoms with Crippen LogP contribution in [0, 0.1) is 5.92 Å². The molecule has 0 saturated heterocycles. The SMILES string of the molecule is CN=C(NCC(=O)NCc1ccccc1)NC1CC1C.